The lowest BCUT2D eigenvalue weighted by molar-refractivity contribution is -0.127. The van der Waals surface area contributed by atoms with E-state index < -0.39 is 16.1 Å². The van der Waals surface area contributed by atoms with E-state index in [1.807, 2.05) is 18.2 Å². The molecule has 56 heavy (non-hydrogen) atoms. The number of fused-ring (bicyclic) bond motifs is 2. The molecule has 8 rings (SSSR count). The number of sulfonamides is 1. The summed E-state index contributed by atoms with van der Waals surface area (Å²) >= 11 is 0. The van der Waals surface area contributed by atoms with Crippen LogP contribution >= 0.6 is 0 Å². The fourth-order valence-electron chi connectivity index (χ4n) is 11.2. The number of nitrogens with one attached hydrogen (secondary N) is 1. The number of anilines is 1. The standard InChI is InChI=1S/C42H57FN6O6S/c1-4-39(50)48-24-35-23-34(48)25-49(35)56(52,53)36-14-12-33(13-15-36)47-27-41(28-47,55-3)26-46-20-16-30(17-21-46)42(29-45-18-7-19-45,31-8-5-9-32(43)22-31)37-10-6-11-38(37)44-40(51)54-2/h4-5,8-9,12-15,22,30,34-35,37-38H,1,6-7,10-11,16-21,23-29H2,2-3H3,(H,44,51)/t34-,35-,37-,38-,42+/m0/s1. The Morgan fingerprint density at radius 2 is 1.71 bits per heavy atom. The van der Waals surface area contributed by atoms with Crippen molar-refractivity contribution in [3.63, 3.8) is 0 Å². The highest BCUT2D eigenvalue weighted by Crippen LogP contribution is 2.52. The summed E-state index contributed by atoms with van der Waals surface area (Å²) in [6.45, 7) is 11.2. The zero-order valence-electron chi connectivity index (χ0n) is 32.8. The average Bonchev–Trinajstić information content (AvgIpc) is 3.94. The number of methoxy groups -OCH3 is 2. The van der Waals surface area contributed by atoms with Crippen LogP contribution in [-0.4, -0.2) is 143 Å². The van der Waals surface area contributed by atoms with Crippen LogP contribution in [-0.2, 0) is 29.7 Å². The number of rotatable bonds is 13. The van der Waals surface area contributed by atoms with E-state index in [0.29, 0.717) is 38.5 Å². The zero-order valence-corrected chi connectivity index (χ0v) is 33.6. The molecule has 2 aromatic carbocycles. The SMILES string of the molecule is C=CC(=O)N1C[C@@H]2C[C@H]1CN2S(=O)(=O)c1ccc(N2CC(CN3CCC([C@](CN4CCC4)(c4cccc(F)c4)[C@H]4CCC[C@@H]4NC(=O)OC)CC3)(OC)C2)cc1. The third kappa shape index (κ3) is 7.14. The molecule has 1 saturated carbocycles. The zero-order chi connectivity index (χ0) is 39.2. The third-order valence-corrected chi connectivity index (χ3v) is 16.1. The summed E-state index contributed by atoms with van der Waals surface area (Å²) in [5.41, 5.74) is 1.34. The second-order valence-corrected chi connectivity index (χ2v) is 19.0. The van der Waals surface area contributed by atoms with Gasteiger partial charge in [0.15, 0.2) is 0 Å². The van der Waals surface area contributed by atoms with Crippen molar-refractivity contribution in [2.75, 3.05) is 84.6 Å². The Kier molecular flexibility index (Phi) is 11.0. The summed E-state index contributed by atoms with van der Waals surface area (Å²) < 4.78 is 55.1. The van der Waals surface area contributed by atoms with E-state index in [9.17, 15) is 18.0 Å². The van der Waals surface area contributed by atoms with Crippen molar-refractivity contribution in [1.29, 1.82) is 0 Å². The van der Waals surface area contributed by atoms with Crippen molar-refractivity contribution in [3.8, 4) is 0 Å². The summed E-state index contributed by atoms with van der Waals surface area (Å²) in [6, 6.07) is 14.1. The number of amides is 2. The summed E-state index contributed by atoms with van der Waals surface area (Å²) in [6.07, 6.45) is 7.53. The molecule has 14 heteroatoms. The first-order valence-electron chi connectivity index (χ1n) is 20.4. The van der Waals surface area contributed by atoms with Crippen molar-refractivity contribution in [2.24, 2.45) is 11.8 Å². The lowest BCUT2D eigenvalue weighted by atomic mass is 9.57. The number of ether oxygens (including phenoxy) is 2. The van der Waals surface area contributed by atoms with E-state index in [4.69, 9.17) is 9.47 Å². The molecule has 1 aliphatic carbocycles. The highest BCUT2D eigenvalue weighted by Gasteiger charge is 2.54. The molecule has 0 radical (unpaired) electrons. The molecule has 2 amide bonds. The van der Waals surface area contributed by atoms with Gasteiger partial charge in [-0.3, -0.25) is 4.79 Å². The molecule has 2 bridgehead atoms. The van der Waals surface area contributed by atoms with Crippen LogP contribution in [0.25, 0.3) is 0 Å². The Balaban J connectivity index is 0.926. The molecule has 6 aliphatic rings. The number of piperidine rings is 1. The van der Waals surface area contributed by atoms with Crippen LogP contribution in [0.2, 0.25) is 0 Å². The second-order valence-electron chi connectivity index (χ2n) is 17.1. The third-order valence-electron chi connectivity index (χ3n) is 14.1. The van der Waals surface area contributed by atoms with Crippen LogP contribution in [0.15, 0.2) is 66.1 Å². The Morgan fingerprint density at radius 3 is 2.32 bits per heavy atom. The van der Waals surface area contributed by atoms with E-state index >= 15 is 4.39 Å². The normalized spacial score (nSPS) is 28.1. The predicted octanol–water partition coefficient (Wildman–Crippen LogP) is 4.07. The summed E-state index contributed by atoms with van der Waals surface area (Å²) in [5, 5.41) is 3.18. The molecule has 6 fully saturated rings. The molecule has 0 unspecified atom stereocenters. The average molecular weight is 793 g/mol. The van der Waals surface area contributed by atoms with E-state index in [0.717, 1.165) is 82.6 Å². The maximum atomic E-state index is 15.1. The largest absolute Gasteiger partial charge is 0.453 e. The van der Waals surface area contributed by atoms with Crippen LogP contribution < -0.4 is 10.2 Å². The minimum atomic E-state index is -3.68. The quantitative estimate of drug-likeness (QED) is 0.300. The number of carbonyl (C=O) groups excluding carboxylic acids is 2. The van der Waals surface area contributed by atoms with Gasteiger partial charge in [0.05, 0.1) is 25.1 Å². The molecule has 5 heterocycles. The fraction of sp³-hybridized carbons (Fsp3) is 0.619. The highest BCUT2D eigenvalue weighted by molar-refractivity contribution is 7.89. The van der Waals surface area contributed by atoms with Gasteiger partial charge in [0.25, 0.3) is 0 Å². The summed E-state index contributed by atoms with van der Waals surface area (Å²) in [7, 11) is -0.491. The van der Waals surface area contributed by atoms with Crippen LogP contribution in [0.4, 0.5) is 14.9 Å². The molecule has 5 saturated heterocycles. The van der Waals surface area contributed by atoms with Crippen molar-refractivity contribution in [2.45, 2.75) is 79.0 Å². The molecule has 304 valence electrons. The molecular formula is C42H57FN6O6S. The van der Waals surface area contributed by atoms with Crippen molar-refractivity contribution in [3.05, 3.63) is 72.6 Å². The molecule has 0 aromatic heterocycles. The molecule has 5 atom stereocenters. The number of piperazine rings is 1. The maximum Gasteiger partial charge on any atom is 0.407 e. The molecule has 12 nitrogen and oxygen atoms in total. The van der Waals surface area contributed by atoms with Crippen molar-refractivity contribution in [1.82, 2.24) is 24.3 Å². The smallest absolute Gasteiger partial charge is 0.407 e. The fourth-order valence-corrected chi connectivity index (χ4v) is 12.8. The number of nitrogens with zero attached hydrogens (tertiary/aromatic N) is 5. The minimum Gasteiger partial charge on any atom is -0.453 e. The topological polar surface area (TPSA) is 115 Å². The van der Waals surface area contributed by atoms with Gasteiger partial charge in [-0.2, -0.15) is 4.31 Å². The summed E-state index contributed by atoms with van der Waals surface area (Å²) in [5.74, 6) is 0.108. The van der Waals surface area contributed by atoms with Gasteiger partial charge in [-0.05, 0) is 125 Å². The summed E-state index contributed by atoms with van der Waals surface area (Å²) in [4.78, 5) is 34.0. The maximum absolute atomic E-state index is 15.1. The Hall–Kier alpha value is -3.56. The van der Waals surface area contributed by atoms with E-state index in [-0.39, 0.29) is 51.7 Å². The van der Waals surface area contributed by atoms with Gasteiger partial charge in [-0.15, -0.1) is 0 Å². The van der Waals surface area contributed by atoms with Gasteiger partial charge in [-0.25, -0.2) is 17.6 Å². The number of likely N-dealkylation sites (tertiary alicyclic amines) is 3. The number of alkyl carbamates (subject to hydrolysis) is 1. The van der Waals surface area contributed by atoms with Crippen molar-refractivity contribution >= 4 is 27.7 Å². The highest BCUT2D eigenvalue weighted by atomic mass is 32.2. The van der Waals surface area contributed by atoms with Gasteiger partial charge in [0.2, 0.25) is 15.9 Å². The molecule has 0 spiro atoms. The van der Waals surface area contributed by atoms with Crippen molar-refractivity contribution < 1.29 is 31.9 Å². The minimum absolute atomic E-state index is 0.0347. The Morgan fingerprint density at radius 1 is 0.964 bits per heavy atom. The van der Waals surface area contributed by atoms with Crippen LogP contribution in [0.5, 0.6) is 0 Å². The van der Waals surface area contributed by atoms with E-state index in [2.05, 4.69) is 32.7 Å². The lowest BCUT2D eigenvalue weighted by Gasteiger charge is -2.55. The number of benzene rings is 2. The predicted molar refractivity (Wildman–Crippen MR) is 211 cm³/mol. The molecule has 2 aromatic rings. The first kappa shape index (κ1) is 39.3. The number of hydrogen-bond acceptors (Lipinski definition) is 9. The van der Waals surface area contributed by atoms with Gasteiger partial charge in [-0.1, -0.05) is 25.1 Å². The lowest BCUT2D eigenvalue weighted by Crippen LogP contribution is -2.68. The monoisotopic (exact) mass is 792 g/mol. The van der Waals surface area contributed by atoms with E-state index in [1.165, 1.54) is 25.7 Å². The molecule has 5 aliphatic heterocycles. The number of hydrogen-bond donors (Lipinski definition) is 1. The van der Waals surface area contributed by atoms with E-state index in [1.54, 1.807) is 34.5 Å². The number of halogens is 1. The first-order valence-corrected chi connectivity index (χ1v) is 21.8. The molecule has 1 N–H and O–H groups in total. The Labute approximate surface area is 331 Å². The Bertz CT molecular complexity index is 1880. The van der Waals surface area contributed by atoms with Crippen LogP contribution in [0.1, 0.15) is 50.5 Å². The van der Waals surface area contributed by atoms with Crippen LogP contribution in [0.3, 0.4) is 0 Å². The van der Waals surface area contributed by atoms with Gasteiger partial charge in [0, 0.05) is 62.5 Å². The van der Waals surface area contributed by atoms with Gasteiger partial charge in [0.1, 0.15) is 11.4 Å². The second kappa shape index (κ2) is 15.7. The first-order chi connectivity index (χ1) is 27.0. The van der Waals surface area contributed by atoms with Gasteiger partial charge >= 0.3 is 6.09 Å². The van der Waals surface area contributed by atoms with Crippen LogP contribution in [0, 0.1) is 17.7 Å². The van der Waals surface area contributed by atoms with Gasteiger partial charge < -0.3 is 34.4 Å². The number of carbonyl (C=O) groups is 2. The molecular weight excluding hydrogens is 736 g/mol.